The molecule has 0 spiro atoms. The first-order chi connectivity index (χ1) is 14.6. The Labute approximate surface area is 183 Å². The summed E-state index contributed by atoms with van der Waals surface area (Å²) in [6.07, 6.45) is 1.53. The van der Waals surface area contributed by atoms with E-state index in [0.29, 0.717) is 11.3 Å². The van der Waals surface area contributed by atoms with Crippen LogP contribution in [0.2, 0.25) is 0 Å². The van der Waals surface area contributed by atoms with Gasteiger partial charge in [-0.3, -0.25) is 10.1 Å². The molecule has 3 aromatic rings. The Hall–Kier alpha value is -3.32. The number of nitrogens with one attached hydrogen (secondary N) is 2. The average Bonchev–Trinajstić information content (AvgIpc) is 3.07. The van der Waals surface area contributed by atoms with E-state index in [1.807, 2.05) is 18.2 Å². The maximum Gasteiger partial charge on any atom is 0.412 e. The van der Waals surface area contributed by atoms with Crippen molar-refractivity contribution in [2.75, 3.05) is 31.3 Å². The molecule has 0 unspecified atom stereocenters. The molecule has 1 heterocycles. The molecule has 31 heavy (non-hydrogen) atoms. The van der Waals surface area contributed by atoms with Crippen LogP contribution in [-0.4, -0.2) is 47.7 Å². The van der Waals surface area contributed by atoms with Crippen molar-refractivity contribution < 1.29 is 14.3 Å². The fraction of sp³-hybridized carbons (Fsp3) is 0.333. The van der Waals surface area contributed by atoms with Crippen LogP contribution in [0.5, 0.6) is 0 Å². The van der Waals surface area contributed by atoms with E-state index in [-0.39, 0.29) is 5.91 Å². The zero-order valence-corrected chi connectivity index (χ0v) is 18.7. The van der Waals surface area contributed by atoms with Crippen LogP contribution in [0.3, 0.4) is 0 Å². The lowest BCUT2D eigenvalue weighted by Crippen LogP contribution is -2.27. The number of hydrogen-bond donors (Lipinski definition) is 2. The molecule has 2 amide bonds. The van der Waals surface area contributed by atoms with Crippen LogP contribution in [0.4, 0.5) is 16.2 Å². The summed E-state index contributed by atoms with van der Waals surface area (Å²) in [5.41, 5.74) is 2.36. The molecule has 2 aromatic carbocycles. The van der Waals surface area contributed by atoms with Gasteiger partial charge in [0.2, 0.25) is 0 Å². The summed E-state index contributed by atoms with van der Waals surface area (Å²) >= 11 is 0. The van der Waals surface area contributed by atoms with Crippen LogP contribution in [0.1, 0.15) is 31.1 Å². The van der Waals surface area contributed by atoms with Crippen molar-refractivity contribution in [2.24, 2.45) is 0 Å². The Kier molecular flexibility index (Phi) is 6.65. The number of anilines is 2. The number of hydrogen-bond acceptors (Lipinski definition) is 4. The molecule has 0 radical (unpaired) electrons. The van der Waals surface area contributed by atoms with Gasteiger partial charge in [0, 0.05) is 47.1 Å². The number of carbonyl (C=O) groups excluding carboxylic acids is 2. The Bertz CT molecular complexity index is 1060. The van der Waals surface area contributed by atoms with Gasteiger partial charge in [-0.25, -0.2) is 4.79 Å². The Morgan fingerprint density at radius 2 is 1.65 bits per heavy atom. The van der Waals surface area contributed by atoms with Crippen molar-refractivity contribution in [3.63, 3.8) is 0 Å². The monoisotopic (exact) mass is 422 g/mol. The van der Waals surface area contributed by atoms with Crippen LogP contribution >= 0.6 is 0 Å². The second kappa shape index (κ2) is 9.22. The highest BCUT2D eigenvalue weighted by Gasteiger charge is 2.16. The van der Waals surface area contributed by atoms with Crippen molar-refractivity contribution in [1.29, 1.82) is 0 Å². The first-order valence-electron chi connectivity index (χ1n) is 10.3. The summed E-state index contributed by atoms with van der Waals surface area (Å²) < 4.78 is 7.43. The molecule has 3 rings (SSSR count). The van der Waals surface area contributed by atoms with Crippen molar-refractivity contribution in [3.05, 3.63) is 60.3 Å². The minimum Gasteiger partial charge on any atom is -0.444 e. The van der Waals surface area contributed by atoms with Crippen molar-refractivity contribution in [1.82, 2.24) is 9.47 Å². The Balaban J connectivity index is 1.63. The number of likely N-dealkylation sites (N-methyl/N-ethyl adjacent to an activating group) is 1. The third-order valence-electron chi connectivity index (χ3n) is 4.61. The summed E-state index contributed by atoms with van der Waals surface area (Å²) in [6, 6.07) is 14.6. The van der Waals surface area contributed by atoms with Gasteiger partial charge in [0.25, 0.3) is 5.91 Å². The standard InChI is InChI=1S/C24H30N4O3/c1-24(2,3)31-23(30)26-19-8-6-17(7-9-19)22(29)25-20-10-11-21-18(16-20)12-13-28(21)15-14-27(4)5/h6-13,16H,14-15H2,1-5H3,(H,25,29)(H,26,30). The van der Waals surface area contributed by atoms with Crippen LogP contribution < -0.4 is 10.6 Å². The van der Waals surface area contributed by atoms with Crippen LogP contribution in [0.25, 0.3) is 10.9 Å². The Morgan fingerprint density at radius 1 is 0.968 bits per heavy atom. The van der Waals surface area contributed by atoms with Crippen molar-refractivity contribution >= 4 is 34.3 Å². The zero-order chi connectivity index (χ0) is 22.6. The molecule has 0 saturated heterocycles. The largest absolute Gasteiger partial charge is 0.444 e. The smallest absolute Gasteiger partial charge is 0.412 e. The first kappa shape index (κ1) is 22.4. The lowest BCUT2D eigenvalue weighted by atomic mass is 10.1. The van der Waals surface area contributed by atoms with E-state index in [2.05, 4.69) is 46.5 Å². The predicted molar refractivity (Wildman–Crippen MR) is 125 cm³/mol. The van der Waals surface area contributed by atoms with Gasteiger partial charge < -0.3 is 19.5 Å². The number of carbonyl (C=O) groups is 2. The second-order valence-corrected chi connectivity index (χ2v) is 8.74. The maximum atomic E-state index is 12.6. The quantitative estimate of drug-likeness (QED) is 0.598. The second-order valence-electron chi connectivity index (χ2n) is 8.74. The first-order valence-corrected chi connectivity index (χ1v) is 10.3. The van der Waals surface area contributed by atoms with Gasteiger partial charge in [-0.2, -0.15) is 0 Å². The zero-order valence-electron chi connectivity index (χ0n) is 18.7. The lowest BCUT2D eigenvalue weighted by Gasteiger charge is -2.19. The molecule has 0 bridgehead atoms. The summed E-state index contributed by atoms with van der Waals surface area (Å²) in [7, 11) is 4.11. The molecule has 164 valence electrons. The van der Waals surface area contributed by atoms with E-state index < -0.39 is 11.7 Å². The molecule has 1 aromatic heterocycles. The molecule has 0 fully saturated rings. The van der Waals surface area contributed by atoms with E-state index >= 15 is 0 Å². The molecule has 2 N–H and O–H groups in total. The van der Waals surface area contributed by atoms with E-state index in [1.165, 1.54) is 0 Å². The number of rotatable bonds is 6. The summed E-state index contributed by atoms with van der Waals surface area (Å²) in [4.78, 5) is 26.6. The minimum atomic E-state index is -0.571. The van der Waals surface area contributed by atoms with Gasteiger partial charge in [-0.1, -0.05) is 0 Å². The Morgan fingerprint density at radius 3 is 2.29 bits per heavy atom. The SMILES string of the molecule is CN(C)CCn1ccc2cc(NC(=O)c3ccc(NC(=O)OC(C)(C)C)cc3)ccc21. The lowest BCUT2D eigenvalue weighted by molar-refractivity contribution is 0.0636. The number of ether oxygens (including phenoxy) is 1. The maximum absolute atomic E-state index is 12.6. The normalized spacial score (nSPS) is 11.5. The van der Waals surface area contributed by atoms with Gasteiger partial charge in [-0.05, 0) is 83.4 Å². The van der Waals surface area contributed by atoms with Crippen molar-refractivity contribution in [3.8, 4) is 0 Å². The highest BCUT2D eigenvalue weighted by molar-refractivity contribution is 6.05. The molecule has 0 aliphatic heterocycles. The summed E-state index contributed by atoms with van der Waals surface area (Å²) in [5, 5.41) is 6.67. The summed E-state index contributed by atoms with van der Waals surface area (Å²) in [6.45, 7) is 7.27. The molecule has 0 atom stereocenters. The van der Waals surface area contributed by atoms with E-state index in [1.54, 1.807) is 45.0 Å². The molecule has 0 aliphatic carbocycles. The predicted octanol–water partition coefficient (Wildman–Crippen LogP) is 4.80. The fourth-order valence-electron chi connectivity index (χ4n) is 3.11. The number of nitrogens with zero attached hydrogens (tertiary/aromatic N) is 2. The molecular weight excluding hydrogens is 392 g/mol. The van der Waals surface area contributed by atoms with Gasteiger partial charge in [0.05, 0.1) is 0 Å². The van der Waals surface area contributed by atoms with Gasteiger partial charge >= 0.3 is 6.09 Å². The third kappa shape index (κ3) is 6.33. The number of amides is 2. The van der Waals surface area contributed by atoms with E-state index in [4.69, 9.17) is 4.74 Å². The topological polar surface area (TPSA) is 75.6 Å². The number of benzene rings is 2. The van der Waals surface area contributed by atoms with Gasteiger partial charge in [0.1, 0.15) is 5.60 Å². The molecule has 0 saturated carbocycles. The third-order valence-corrected chi connectivity index (χ3v) is 4.61. The molecule has 0 aliphatic rings. The van der Waals surface area contributed by atoms with Crippen LogP contribution in [0.15, 0.2) is 54.7 Å². The van der Waals surface area contributed by atoms with Crippen molar-refractivity contribution in [2.45, 2.75) is 32.9 Å². The molecule has 7 heteroatoms. The van der Waals surface area contributed by atoms with E-state index in [9.17, 15) is 9.59 Å². The number of aromatic nitrogens is 1. The van der Waals surface area contributed by atoms with Gasteiger partial charge in [-0.15, -0.1) is 0 Å². The number of fused-ring (bicyclic) bond motifs is 1. The average molecular weight is 423 g/mol. The molecule has 7 nitrogen and oxygen atoms in total. The van der Waals surface area contributed by atoms with Crippen LogP contribution in [0, 0.1) is 0 Å². The van der Waals surface area contributed by atoms with E-state index in [0.717, 1.165) is 29.7 Å². The highest BCUT2D eigenvalue weighted by Crippen LogP contribution is 2.21. The molecular formula is C24H30N4O3. The fourth-order valence-corrected chi connectivity index (χ4v) is 3.11. The van der Waals surface area contributed by atoms with Gasteiger partial charge in [0.15, 0.2) is 0 Å². The highest BCUT2D eigenvalue weighted by atomic mass is 16.6. The minimum absolute atomic E-state index is 0.213. The van der Waals surface area contributed by atoms with Crippen LogP contribution in [-0.2, 0) is 11.3 Å². The summed E-state index contributed by atoms with van der Waals surface area (Å²) in [5.74, 6) is -0.213.